The summed E-state index contributed by atoms with van der Waals surface area (Å²) < 4.78 is 25.2. The Morgan fingerprint density at radius 2 is 2.00 bits per heavy atom. The molecule has 148 valence electrons. The molecule has 7 nitrogen and oxygen atoms in total. The Balaban J connectivity index is 1.35. The number of nitrogens with one attached hydrogen (secondary N) is 3. The van der Waals surface area contributed by atoms with Gasteiger partial charge in [-0.25, -0.2) is 8.42 Å². The lowest BCUT2D eigenvalue weighted by Crippen LogP contribution is -2.45. The molecule has 1 aromatic carbocycles. The lowest BCUT2D eigenvalue weighted by Gasteiger charge is -2.25. The predicted molar refractivity (Wildman–Crippen MR) is 104 cm³/mol. The maximum atomic E-state index is 12.6. The van der Waals surface area contributed by atoms with Crippen molar-refractivity contribution in [3.8, 4) is 0 Å². The topological polar surface area (TPSA) is 100 Å². The molecule has 0 aliphatic carbocycles. The minimum absolute atomic E-state index is 0.00135. The third-order valence-corrected chi connectivity index (χ3v) is 7.28. The predicted octanol–water partition coefficient (Wildman–Crippen LogP) is 0.871. The minimum atomic E-state index is -3.58. The number of amides is 1. The Bertz CT molecular complexity index is 918. The fourth-order valence-corrected chi connectivity index (χ4v) is 5.17. The van der Waals surface area contributed by atoms with Gasteiger partial charge in [0.25, 0.3) is 0 Å². The second-order valence-electron chi connectivity index (χ2n) is 7.37. The molecule has 0 spiro atoms. The number of fused-ring (bicyclic) bond motifs is 1. The van der Waals surface area contributed by atoms with E-state index in [-0.39, 0.29) is 21.7 Å². The Morgan fingerprint density at radius 3 is 2.71 bits per heavy atom. The van der Waals surface area contributed by atoms with E-state index < -0.39 is 9.84 Å². The van der Waals surface area contributed by atoms with Crippen molar-refractivity contribution in [1.29, 1.82) is 0 Å². The highest BCUT2D eigenvalue weighted by atomic mass is 32.2. The molecule has 4 rings (SSSR count). The zero-order chi connectivity index (χ0) is 19.6. The van der Waals surface area contributed by atoms with Crippen LogP contribution in [0.5, 0.6) is 0 Å². The summed E-state index contributed by atoms with van der Waals surface area (Å²) in [7, 11) is -3.58. The lowest BCUT2D eigenvalue weighted by molar-refractivity contribution is -0.123. The number of piperidine rings is 1. The van der Waals surface area contributed by atoms with Gasteiger partial charge < -0.3 is 16.0 Å². The summed E-state index contributed by atoms with van der Waals surface area (Å²) in [6.45, 7) is 2.34. The molecule has 3 atom stereocenters. The number of hydrogen-bond acceptors (Lipinski definition) is 6. The number of rotatable bonds is 5. The molecule has 2 aliphatic rings. The number of aromatic nitrogens is 1. The summed E-state index contributed by atoms with van der Waals surface area (Å²) in [4.78, 5) is 16.7. The molecule has 1 amide bonds. The van der Waals surface area contributed by atoms with Crippen LogP contribution in [0.4, 0.5) is 0 Å². The Morgan fingerprint density at radius 1 is 1.18 bits per heavy atom. The molecule has 0 radical (unpaired) electrons. The third-order valence-electron chi connectivity index (χ3n) is 5.52. The van der Waals surface area contributed by atoms with Gasteiger partial charge in [-0.05, 0) is 61.7 Å². The van der Waals surface area contributed by atoms with Crippen LogP contribution in [0.25, 0.3) is 0 Å². The minimum Gasteiger partial charge on any atom is -0.351 e. The van der Waals surface area contributed by atoms with Gasteiger partial charge in [0.15, 0.2) is 0 Å². The van der Waals surface area contributed by atoms with Gasteiger partial charge in [0.05, 0.1) is 15.8 Å². The summed E-state index contributed by atoms with van der Waals surface area (Å²) in [5.74, 6) is 0.517. The molecular formula is C20H24N4O3S. The molecule has 8 heteroatoms. The Hall–Kier alpha value is -2.29. The number of carbonyl (C=O) groups excluding carboxylic acids is 1. The first kappa shape index (κ1) is 19.0. The van der Waals surface area contributed by atoms with E-state index in [1.165, 1.54) is 18.5 Å². The van der Waals surface area contributed by atoms with Gasteiger partial charge in [-0.2, -0.15) is 0 Å². The first-order valence-electron chi connectivity index (χ1n) is 9.52. The van der Waals surface area contributed by atoms with Gasteiger partial charge in [0.2, 0.25) is 15.7 Å². The molecule has 2 saturated heterocycles. The van der Waals surface area contributed by atoms with Crippen LogP contribution >= 0.6 is 0 Å². The van der Waals surface area contributed by atoms with E-state index in [0.29, 0.717) is 18.5 Å². The van der Waals surface area contributed by atoms with E-state index in [4.69, 9.17) is 0 Å². The second kappa shape index (κ2) is 7.98. The number of pyridine rings is 1. The summed E-state index contributed by atoms with van der Waals surface area (Å²) in [6.07, 6.45) is 4.79. The molecule has 0 bridgehead atoms. The van der Waals surface area contributed by atoms with Crippen LogP contribution in [-0.2, 0) is 21.2 Å². The SMILES string of the molecule is O=C(NCc1ccc(S(=O)(=O)c2cccnc2)cc1)C1CC2CNCCC2N1. The van der Waals surface area contributed by atoms with Crippen LogP contribution in [0, 0.1) is 5.92 Å². The molecule has 2 fully saturated rings. The van der Waals surface area contributed by atoms with E-state index in [1.807, 2.05) is 0 Å². The van der Waals surface area contributed by atoms with Crippen LogP contribution in [0.3, 0.4) is 0 Å². The van der Waals surface area contributed by atoms with Crippen molar-refractivity contribution in [2.24, 2.45) is 5.92 Å². The summed E-state index contributed by atoms with van der Waals surface area (Å²) in [5, 5.41) is 9.78. The maximum absolute atomic E-state index is 12.6. The number of carbonyl (C=O) groups is 1. The second-order valence-corrected chi connectivity index (χ2v) is 9.32. The lowest BCUT2D eigenvalue weighted by atomic mass is 9.94. The molecule has 3 N–H and O–H groups in total. The number of hydrogen-bond donors (Lipinski definition) is 3. The first-order valence-corrected chi connectivity index (χ1v) is 11.0. The van der Waals surface area contributed by atoms with Crippen molar-refractivity contribution < 1.29 is 13.2 Å². The van der Waals surface area contributed by atoms with Crippen molar-refractivity contribution in [2.75, 3.05) is 13.1 Å². The van der Waals surface area contributed by atoms with Crippen LogP contribution in [0.2, 0.25) is 0 Å². The molecule has 2 aromatic rings. The van der Waals surface area contributed by atoms with Gasteiger partial charge >= 0.3 is 0 Å². The van der Waals surface area contributed by atoms with E-state index in [1.54, 1.807) is 30.3 Å². The van der Waals surface area contributed by atoms with E-state index >= 15 is 0 Å². The van der Waals surface area contributed by atoms with E-state index in [9.17, 15) is 13.2 Å². The standard InChI is InChI=1S/C20H24N4O3S/c25-20(19-10-15-12-22-9-7-18(15)24-19)23-11-14-3-5-16(6-4-14)28(26,27)17-2-1-8-21-13-17/h1-6,8,13,15,18-19,22,24H,7,9-12H2,(H,23,25). The molecule has 28 heavy (non-hydrogen) atoms. The molecule has 3 heterocycles. The van der Waals surface area contributed by atoms with Crippen LogP contribution in [0.15, 0.2) is 58.6 Å². The fourth-order valence-electron chi connectivity index (χ4n) is 3.94. The quantitative estimate of drug-likeness (QED) is 0.689. The average Bonchev–Trinajstić information content (AvgIpc) is 3.17. The summed E-state index contributed by atoms with van der Waals surface area (Å²) in [5.41, 5.74) is 0.857. The third kappa shape index (κ3) is 3.94. The first-order chi connectivity index (χ1) is 13.5. The van der Waals surface area contributed by atoms with Gasteiger partial charge in [0.1, 0.15) is 0 Å². The van der Waals surface area contributed by atoms with Gasteiger partial charge in [-0.15, -0.1) is 0 Å². The highest BCUT2D eigenvalue weighted by molar-refractivity contribution is 7.91. The van der Waals surface area contributed by atoms with Crippen molar-refractivity contribution in [3.63, 3.8) is 0 Å². The van der Waals surface area contributed by atoms with Crippen LogP contribution in [-0.4, -0.2) is 44.5 Å². The largest absolute Gasteiger partial charge is 0.351 e. The average molecular weight is 401 g/mol. The van der Waals surface area contributed by atoms with Gasteiger partial charge in [-0.3, -0.25) is 9.78 Å². The number of benzene rings is 1. The molecular weight excluding hydrogens is 376 g/mol. The molecule has 3 unspecified atom stereocenters. The summed E-state index contributed by atoms with van der Waals surface area (Å²) >= 11 is 0. The van der Waals surface area contributed by atoms with Crippen molar-refractivity contribution in [1.82, 2.24) is 20.9 Å². The van der Waals surface area contributed by atoms with Crippen LogP contribution < -0.4 is 16.0 Å². The van der Waals surface area contributed by atoms with Crippen molar-refractivity contribution in [3.05, 3.63) is 54.4 Å². The normalized spacial score (nSPS) is 24.5. The molecule has 2 aliphatic heterocycles. The smallest absolute Gasteiger partial charge is 0.237 e. The molecule has 0 saturated carbocycles. The van der Waals surface area contributed by atoms with E-state index in [0.717, 1.165) is 31.5 Å². The van der Waals surface area contributed by atoms with Crippen LogP contribution in [0.1, 0.15) is 18.4 Å². The zero-order valence-corrected chi connectivity index (χ0v) is 16.3. The van der Waals surface area contributed by atoms with E-state index in [2.05, 4.69) is 20.9 Å². The highest BCUT2D eigenvalue weighted by Crippen LogP contribution is 2.25. The molecule has 1 aromatic heterocycles. The van der Waals surface area contributed by atoms with Crippen molar-refractivity contribution >= 4 is 15.7 Å². The zero-order valence-electron chi connectivity index (χ0n) is 15.5. The number of sulfone groups is 1. The highest BCUT2D eigenvalue weighted by Gasteiger charge is 2.38. The Kier molecular flexibility index (Phi) is 5.43. The number of nitrogens with zero attached hydrogens (tertiary/aromatic N) is 1. The van der Waals surface area contributed by atoms with Gasteiger partial charge in [-0.1, -0.05) is 12.1 Å². The van der Waals surface area contributed by atoms with Gasteiger partial charge in [0, 0.05) is 25.0 Å². The fraction of sp³-hybridized carbons (Fsp3) is 0.400. The maximum Gasteiger partial charge on any atom is 0.237 e. The monoisotopic (exact) mass is 400 g/mol. The summed E-state index contributed by atoms with van der Waals surface area (Å²) in [6, 6.07) is 9.99. The Labute approximate surface area is 164 Å². The van der Waals surface area contributed by atoms with Crippen molar-refractivity contribution in [2.45, 2.75) is 41.3 Å².